The molecule has 156 valence electrons. The molecule has 0 atom stereocenters. The summed E-state index contributed by atoms with van der Waals surface area (Å²) in [5.41, 5.74) is 0.143. The van der Waals surface area contributed by atoms with E-state index in [4.69, 9.17) is 5.11 Å². The van der Waals surface area contributed by atoms with E-state index in [1.165, 1.54) is 19.3 Å². The molecule has 1 aromatic carbocycles. The minimum absolute atomic E-state index is 0.143. The number of unbranched alkanes of at least 4 members (excludes halogenated alkanes) is 1. The zero-order valence-corrected chi connectivity index (χ0v) is 18.6. The number of halogens is 1. The summed E-state index contributed by atoms with van der Waals surface area (Å²) in [5, 5.41) is 8.69. The molecule has 0 saturated heterocycles. The van der Waals surface area contributed by atoms with E-state index < -0.39 is 16.0 Å². The first-order valence-electron chi connectivity index (χ1n) is 9.95. The summed E-state index contributed by atoms with van der Waals surface area (Å²) in [6, 6.07) is 6.66. The molecule has 0 radical (unpaired) electrons. The summed E-state index contributed by atoms with van der Waals surface area (Å²) in [6.45, 7) is 0.436. The molecule has 0 aliphatic heterocycles. The minimum atomic E-state index is -3.49. The quantitative estimate of drug-likeness (QED) is 0.340. The van der Waals surface area contributed by atoms with E-state index in [1.54, 1.807) is 24.3 Å². The van der Waals surface area contributed by atoms with Crippen LogP contribution in [0, 0.1) is 5.41 Å². The van der Waals surface area contributed by atoms with Crippen LogP contribution >= 0.6 is 15.9 Å². The number of carboxylic acid groups (broad SMARTS) is 1. The standard InChI is InChI=1S/C21H30BrNO4S/c22-18-9-11-19(12-10-18)28(26,27)23-17-16-21(14-6-3-7-15-21)13-5-2-1-4-8-20(24)25/h2,5,9-12,23H,1,3-4,6-8,13-17H2,(H,24,25). The number of nitrogens with one attached hydrogen (secondary N) is 1. The molecule has 28 heavy (non-hydrogen) atoms. The lowest BCUT2D eigenvalue weighted by molar-refractivity contribution is -0.137. The fraction of sp³-hybridized carbons (Fsp3) is 0.571. The minimum Gasteiger partial charge on any atom is -0.481 e. The van der Waals surface area contributed by atoms with Crippen molar-refractivity contribution in [3.05, 3.63) is 40.9 Å². The molecule has 0 aromatic heterocycles. The van der Waals surface area contributed by atoms with Crippen molar-refractivity contribution in [3.63, 3.8) is 0 Å². The fourth-order valence-corrected chi connectivity index (χ4v) is 5.12. The van der Waals surface area contributed by atoms with Gasteiger partial charge in [0, 0.05) is 17.4 Å². The van der Waals surface area contributed by atoms with E-state index in [-0.39, 0.29) is 16.7 Å². The molecule has 1 aliphatic carbocycles. The van der Waals surface area contributed by atoms with Crippen LogP contribution in [0.3, 0.4) is 0 Å². The first kappa shape index (κ1) is 23.1. The van der Waals surface area contributed by atoms with Gasteiger partial charge in [-0.15, -0.1) is 0 Å². The smallest absolute Gasteiger partial charge is 0.303 e. The molecule has 1 fully saturated rings. The van der Waals surface area contributed by atoms with Crippen molar-refractivity contribution in [2.24, 2.45) is 5.41 Å². The zero-order chi connectivity index (χ0) is 20.5. The Hall–Kier alpha value is -1.18. The molecule has 2 rings (SSSR count). The molecule has 1 aromatic rings. The lowest BCUT2D eigenvalue weighted by atomic mass is 9.69. The molecule has 1 saturated carbocycles. The number of aliphatic carboxylic acids is 1. The predicted molar refractivity (Wildman–Crippen MR) is 115 cm³/mol. The first-order chi connectivity index (χ1) is 13.3. The van der Waals surface area contributed by atoms with Gasteiger partial charge in [0.25, 0.3) is 0 Å². The van der Waals surface area contributed by atoms with E-state index in [0.29, 0.717) is 13.0 Å². The molecule has 0 amide bonds. The number of hydrogen-bond acceptors (Lipinski definition) is 3. The Labute approximate surface area is 176 Å². The van der Waals surface area contributed by atoms with Gasteiger partial charge in [0.2, 0.25) is 10.0 Å². The highest BCUT2D eigenvalue weighted by Gasteiger charge is 2.30. The first-order valence-corrected chi connectivity index (χ1v) is 12.2. The summed E-state index contributed by atoms with van der Waals surface area (Å²) in [6.07, 6.45) is 13.5. The maximum absolute atomic E-state index is 12.5. The summed E-state index contributed by atoms with van der Waals surface area (Å²) >= 11 is 3.32. The zero-order valence-electron chi connectivity index (χ0n) is 16.2. The van der Waals surface area contributed by atoms with Gasteiger partial charge in [0.1, 0.15) is 0 Å². The van der Waals surface area contributed by atoms with Gasteiger partial charge >= 0.3 is 5.97 Å². The van der Waals surface area contributed by atoms with Gasteiger partial charge in [-0.1, -0.05) is 47.3 Å². The van der Waals surface area contributed by atoms with Gasteiger partial charge in [0.15, 0.2) is 0 Å². The van der Waals surface area contributed by atoms with Crippen molar-refractivity contribution < 1.29 is 18.3 Å². The summed E-state index contributed by atoms with van der Waals surface area (Å²) in [4.78, 5) is 10.9. The molecular formula is C21H30BrNO4S. The molecule has 0 spiro atoms. The highest BCUT2D eigenvalue weighted by molar-refractivity contribution is 9.10. The maximum Gasteiger partial charge on any atom is 0.303 e. The van der Waals surface area contributed by atoms with Crippen LogP contribution in [-0.4, -0.2) is 26.0 Å². The van der Waals surface area contributed by atoms with Crippen LogP contribution in [0.4, 0.5) is 0 Å². The van der Waals surface area contributed by atoms with E-state index >= 15 is 0 Å². The highest BCUT2D eigenvalue weighted by Crippen LogP contribution is 2.42. The summed E-state index contributed by atoms with van der Waals surface area (Å²) in [5.74, 6) is -0.754. The van der Waals surface area contributed by atoms with Crippen LogP contribution < -0.4 is 4.72 Å². The molecule has 5 nitrogen and oxygen atoms in total. The normalized spacial score (nSPS) is 17.0. The van der Waals surface area contributed by atoms with Crippen LogP contribution in [0.25, 0.3) is 0 Å². The summed E-state index contributed by atoms with van der Waals surface area (Å²) < 4.78 is 28.6. The molecule has 1 aliphatic rings. The Kier molecular flexibility index (Phi) is 9.18. The lowest BCUT2D eigenvalue weighted by Crippen LogP contribution is -2.32. The molecule has 7 heteroatoms. The third kappa shape index (κ3) is 7.68. The second-order valence-corrected chi connectivity index (χ2v) is 10.3. The average Bonchev–Trinajstić information content (AvgIpc) is 2.65. The molecule has 2 N–H and O–H groups in total. The monoisotopic (exact) mass is 471 g/mol. The molecule has 0 bridgehead atoms. The predicted octanol–water partition coefficient (Wildman–Crippen LogP) is 5.27. The van der Waals surface area contributed by atoms with Gasteiger partial charge in [-0.05, 0) is 68.2 Å². The number of allylic oxidation sites excluding steroid dienone is 2. The Bertz CT molecular complexity index is 753. The maximum atomic E-state index is 12.5. The van der Waals surface area contributed by atoms with Gasteiger partial charge in [-0.3, -0.25) is 4.79 Å². The van der Waals surface area contributed by atoms with E-state index in [0.717, 1.165) is 36.6 Å². The van der Waals surface area contributed by atoms with Crippen LogP contribution in [-0.2, 0) is 14.8 Å². The van der Waals surface area contributed by atoms with Crippen molar-refractivity contribution >= 4 is 31.9 Å². The van der Waals surface area contributed by atoms with Gasteiger partial charge in [0.05, 0.1) is 4.90 Å². The molecule has 0 unspecified atom stereocenters. The lowest BCUT2D eigenvalue weighted by Gasteiger charge is -2.37. The number of carbonyl (C=O) groups is 1. The van der Waals surface area contributed by atoms with E-state index in [1.807, 2.05) is 0 Å². The number of benzene rings is 1. The molecule has 0 heterocycles. The fourth-order valence-electron chi connectivity index (χ4n) is 3.83. The van der Waals surface area contributed by atoms with Crippen molar-refractivity contribution in [2.75, 3.05) is 6.54 Å². The van der Waals surface area contributed by atoms with Crippen LogP contribution in [0.15, 0.2) is 45.8 Å². The van der Waals surface area contributed by atoms with Crippen LogP contribution in [0.1, 0.15) is 64.2 Å². The second-order valence-electron chi connectivity index (χ2n) is 7.62. The van der Waals surface area contributed by atoms with Crippen molar-refractivity contribution in [2.45, 2.75) is 69.1 Å². The Morgan fingerprint density at radius 3 is 2.46 bits per heavy atom. The Balaban J connectivity index is 1.88. The van der Waals surface area contributed by atoms with Gasteiger partial charge < -0.3 is 5.11 Å². The van der Waals surface area contributed by atoms with Gasteiger partial charge in [-0.25, -0.2) is 13.1 Å². The van der Waals surface area contributed by atoms with Crippen molar-refractivity contribution in [1.82, 2.24) is 4.72 Å². The highest BCUT2D eigenvalue weighted by atomic mass is 79.9. The SMILES string of the molecule is O=C(O)CCCC=CCC1(CCNS(=O)(=O)c2ccc(Br)cc2)CCCCC1. The van der Waals surface area contributed by atoms with Gasteiger partial charge in [-0.2, -0.15) is 0 Å². The van der Waals surface area contributed by atoms with E-state index in [2.05, 4.69) is 32.8 Å². The number of hydrogen-bond donors (Lipinski definition) is 2. The topological polar surface area (TPSA) is 83.5 Å². The van der Waals surface area contributed by atoms with Crippen LogP contribution in [0.2, 0.25) is 0 Å². The van der Waals surface area contributed by atoms with Crippen molar-refractivity contribution in [3.8, 4) is 0 Å². The Morgan fingerprint density at radius 2 is 1.82 bits per heavy atom. The van der Waals surface area contributed by atoms with Crippen molar-refractivity contribution in [1.29, 1.82) is 0 Å². The third-order valence-electron chi connectivity index (χ3n) is 5.46. The summed E-state index contributed by atoms with van der Waals surface area (Å²) in [7, 11) is -3.49. The number of sulfonamides is 1. The average molecular weight is 472 g/mol. The number of carboxylic acids is 1. The van der Waals surface area contributed by atoms with Crippen LogP contribution in [0.5, 0.6) is 0 Å². The Morgan fingerprint density at radius 1 is 1.14 bits per heavy atom. The number of rotatable bonds is 11. The van der Waals surface area contributed by atoms with E-state index in [9.17, 15) is 13.2 Å². The third-order valence-corrected chi connectivity index (χ3v) is 7.47. The second kappa shape index (κ2) is 11.1. The largest absolute Gasteiger partial charge is 0.481 e. The molecular weight excluding hydrogens is 442 g/mol.